The van der Waals surface area contributed by atoms with Gasteiger partial charge in [-0.1, -0.05) is 84.0 Å². The molecule has 0 aliphatic heterocycles. The molecule has 0 amide bonds. The Hall–Kier alpha value is -2.80. The Morgan fingerprint density at radius 2 is 0.843 bits per heavy atom. The maximum absolute atomic E-state index is 6.09. The molecule has 0 saturated carbocycles. The van der Waals surface area contributed by atoms with Gasteiger partial charge in [-0.2, -0.15) is 0 Å². The summed E-state index contributed by atoms with van der Waals surface area (Å²) in [4.78, 5) is 0. The Morgan fingerprint density at radius 1 is 0.490 bits per heavy atom. The molecule has 51 heavy (non-hydrogen) atoms. The van der Waals surface area contributed by atoms with Crippen molar-refractivity contribution in [1.82, 2.24) is 0 Å². The number of rotatable bonds is 12. The first-order valence-electron chi connectivity index (χ1n) is 19.0. The van der Waals surface area contributed by atoms with Gasteiger partial charge in [-0.3, -0.25) is 0 Å². The molecule has 5 nitrogen and oxygen atoms in total. The summed E-state index contributed by atoms with van der Waals surface area (Å²) in [6.45, 7) is 34.0. The summed E-state index contributed by atoms with van der Waals surface area (Å²) in [6.07, 6.45) is 3.47. The van der Waals surface area contributed by atoms with Crippen molar-refractivity contribution in [2.45, 2.75) is 164 Å². The lowest BCUT2D eigenvalue weighted by atomic mass is 9.98. The first-order valence-corrected chi connectivity index (χ1v) is 21.3. The van der Waals surface area contributed by atoms with Crippen LogP contribution in [-0.2, 0) is 8.85 Å². The van der Waals surface area contributed by atoms with Gasteiger partial charge in [0.05, 0.1) is 0 Å². The molecule has 0 aliphatic carbocycles. The largest absolute Gasteiger partial charge is 0.488 e. The lowest BCUT2D eigenvalue weighted by Gasteiger charge is -2.28. The molecule has 0 radical (unpaired) electrons. The highest BCUT2D eigenvalue weighted by Gasteiger charge is 2.31. The summed E-state index contributed by atoms with van der Waals surface area (Å²) in [7, 11) is 1.30. The van der Waals surface area contributed by atoms with Gasteiger partial charge in [0.2, 0.25) is 0 Å². The van der Waals surface area contributed by atoms with Crippen LogP contribution >= 0.6 is 0 Å². The van der Waals surface area contributed by atoms with Crippen LogP contribution in [0.15, 0.2) is 66.7 Å². The van der Waals surface area contributed by atoms with E-state index < -0.39 is 8.56 Å². The average Bonchev–Trinajstić information content (AvgIpc) is 3.06. The van der Waals surface area contributed by atoms with Crippen molar-refractivity contribution in [1.29, 1.82) is 0 Å². The Bertz CT molecular complexity index is 1390. The lowest BCUT2D eigenvalue weighted by Crippen LogP contribution is -2.49. The zero-order valence-electron chi connectivity index (χ0n) is 35.7. The number of ether oxygens (including phenoxy) is 3. The van der Waals surface area contributed by atoms with E-state index >= 15 is 0 Å². The highest BCUT2D eigenvalue weighted by molar-refractivity contribution is 6.79. The molecule has 0 N–H and O–H groups in total. The third kappa shape index (κ3) is 17.1. The third-order valence-electron chi connectivity index (χ3n) is 8.86. The minimum Gasteiger partial charge on any atom is -0.488 e. The fourth-order valence-corrected chi connectivity index (χ4v) is 6.42. The summed E-state index contributed by atoms with van der Waals surface area (Å²) < 4.78 is 28.9. The molecule has 3 unspecified atom stereocenters. The number of hydrogen-bond donors (Lipinski definition) is 0. The zero-order chi connectivity index (χ0) is 39.2. The van der Waals surface area contributed by atoms with Crippen LogP contribution in [0, 0.1) is 0 Å². The van der Waals surface area contributed by atoms with Crippen molar-refractivity contribution in [3.63, 3.8) is 0 Å². The van der Waals surface area contributed by atoms with E-state index in [-0.39, 0.29) is 16.8 Å². The van der Waals surface area contributed by atoms with Crippen molar-refractivity contribution >= 4 is 13.7 Å². The SMILES string of the molecule is CCC(C)c1ccc(OC(C)(C)C)c(OC(C)(C)C)c1.CCC(C)c1ccc(OC(C)(C)C)cc1.CCC(C)c1ccc([Si](C)(OC)OC)cc1. The summed E-state index contributed by atoms with van der Waals surface area (Å²) in [5.41, 5.74) is 3.50. The van der Waals surface area contributed by atoms with E-state index in [9.17, 15) is 0 Å². The summed E-state index contributed by atoms with van der Waals surface area (Å²) in [5, 5.41) is 1.18. The zero-order valence-corrected chi connectivity index (χ0v) is 36.7. The van der Waals surface area contributed by atoms with Gasteiger partial charge in [0.25, 0.3) is 0 Å². The minimum atomic E-state index is -2.14. The topological polar surface area (TPSA) is 46.2 Å². The van der Waals surface area contributed by atoms with E-state index in [1.165, 1.54) is 34.7 Å². The molecule has 0 saturated heterocycles. The highest BCUT2D eigenvalue weighted by atomic mass is 28.4. The summed E-state index contributed by atoms with van der Waals surface area (Å²) in [5.74, 6) is 4.39. The quantitative estimate of drug-likeness (QED) is 0.174. The van der Waals surface area contributed by atoms with Crippen LogP contribution in [0.3, 0.4) is 0 Å². The molecule has 0 aromatic heterocycles. The van der Waals surface area contributed by atoms with Gasteiger partial charge < -0.3 is 23.1 Å². The van der Waals surface area contributed by atoms with Crippen LogP contribution in [-0.4, -0.2) is 39.6 Å². The maximum Gasteiger partial charge on any atom is 0.368 e. The van der Waals surface area contributed by atoms with Gasteiger partial charge in [0.1, 0.15) is 22.6 Å². The Labute approximate surface area is 315 Å². The highest BCUT2D eigenvalue weighted by Crippen LogP contribution is 2.36. The van der Waals surface area contributed by atoms with E-state index in [2.05, 4.69) is 171 Å². The molecule has 0 bridgehead atoms. The molecule has 6 heteroatoms. The second-order valence-electron chi connectivity index (χ2n) is 16.8. The number of hydrogen-bond acceptors (Lipinski definition) is 5. The van der Waals surface area contributed by atoms with Crippen molar-refractivity contribution in [3.05, 3.63) is 83.4 Å². The fraction of sp³-hybridized carbons (Fsp3) is 0.600. The van der Waals surface area contributed by atoms with Crippen molar-refractivity contribution in [2.24, 2.45) is 0 Å². The first-order chi connectivity index (χ1) is 23.5. The fourth-order valence-electron chi connectivity index (χ4n) is 5.01. The van der Waals surface area contributed by atoms with Crippen LogP contribution in [0.1, 0.15) is 158 Å². The van der Waals surface area contributed by atoms with Gasteiger partial charge >= 0.3 is 8.56 Å². The minimum absolute atomic E-state index is 0.113. The van der Waals surface area contributed by atoms with Crippen LogP contribution in [0.25, 0.3) is 0 Å². The van der Waals surface area contributed by atoms with Crippen LogP contribution in [0.5, 0.6) is 17.2 Å². The molecular formula is C45H74O5Si. The molecule has 0 heterocycles. The van der Waals surface area contributed by atoms with E-state index in [0.29, 0.717) is 17.8 Å². The van der Waals surface area contributed by atoms with Gasteiger partial charge in [0, 0.05) is 14.2 Å². The second kappa shape index (κ2) is 20.4. The molecule has 3 rings (SSSR count). The van der Waals surface area contributed by atoms with E-state index in [1.54, 1.807) is 14.2 Å². The van der Waals surface area contributed by atoms with E-state index in [0.717, 1.165) is 23.7 Å². The lowest BCUT2D eigenvalue weighted by molar-refractivity contribution is 0.0956. The molecule has 3 aromatic carbocycles. The van der Waals surface area contributed by atoms with E-state index in [1.807, 2.05) is 6.07 Å². The molecule has 288 valence electrons. The smallest absolute Gasteiger partial charge is 0.368 e. The van der Waals surface area contributed by atoms with Gasteiger partial charge in [0.15, 0.2) is 11.5 Å². The summed E-state index contributed by atoms with van der Waals surface area (Å²) in [6, 6.07) is 23.4. The van der Waals surface area contributed by atoms with Crippen LogP contribution < -0.4 is 19.4 Å². The normalized spacial score (nSPS) is 13.8. The predicted molar refractivity (Wildman–Crippen MR) is 222 cm³/mol. The number of benzene rings is 3. The maximum atomic E-state index is 6.09. The monoisotopic (exact) mass is 723 g/mol. The van der Waals surface area contributed by atoms with E-state index in [4.69, 9.17) is 23.1 Å². The van der Waals surface area contributed by atoms with Gasteiger partial charge in [-0.15, -0.1) is 0 Å². The first kappa shape index (κ1) is 46.2. The standard InChI is InChI=1S/C18H30O2.C14H22O.C13H22O2Si/c1-9-13(2)14-10-11-15(19-17(3,4)5)16(12-14)20-18(6,7)8;1-6-11(2)12-7-9-13(10-8-12)15-14(3,4)5;1-6-11(2)12-7-9-13(10-8-12)16(5,14-3)15-4/h10-13H,9H2,1-8H3;7-11H,6H2,1-5H3;7-11H,6H2,1-5H3. The molecule has 0 aliphatic rings. The van der Waals surface area contributed by atoms with Crippen molar-refractivity contribution < 1.29 is 23.1 Å². The van der Waals surface area contributed by atoms with Crippen molar-refractivity contribution in [2.75, 3.05) is 14.2 Å². The molecule has 0 fully saturated rings. The van der Waals surface area contributed by atoms with Gasteiger partial charge in [-0.25, -0.2) is 0 Å². The van der Waals surface area contributed by atoms with Gasteiger partial charge in [-0.05, 0) is 152 Å². The van der Waals surface area contributed by atoms with Crippen LogP contribution in [0.4, 0.5) is 0 Å². The molecule has 0 spiro atoms. The predicted octanol–water partition coefficient (Wildman–Crippen LogP) is 12.7. The Morgan fingerprint density at radius 3 is 1.22 bits per heavy atom. The van der Waals surface area contributed by atoms with Crippen LogP contribution in [0.2, 0.25) is 6.55 Å². The summed E-state index contributed by atoms with van der Waals surface area (Å²) >= 11 is 0. The molecule has 3 aromatic rings. The Kier molecular flexibility index (Phi) is 18.5. The Balaban J connectivity index is 0.000000387. The average molecular weight is 723 g/mol. The second-order valence-corrected chi connectivity index (χ2v) is 20.1. The third-order valence-corrected chi connectivity index (χ3v) is 11.8. The molecule has 3 atom stereocenters. The molecular weight excluding hydrogens is 649 g/mol. The van der Waals surface area contributed by atoms with Crippen molar-refractivity contribution in [3.8, 4) is 17.2 Å².